The Hall–Kier alpha value is -3.15. The van der Waals surface area contributed by atoms with E-state index in [0.29, 0.717) is 17.9 Å². The highest BCUT2D eigenvalue weighted by Crippen LogP contribution is 2.23. The van der Waals surface area contributed by atoms with Crippen molar-refractivity contribution in [3.8, 4) is 5.75 Å². The minimum absolute atomic E-state index is 0.0426. The summed E-state index contributed by atoms with van der Waals surface area (Å²) >= 11 is 0. The van der Waals surface area contributed by atoms with E-state index in [9.17, 15) is 14.4 Å². The number of ketones is 1. The van der Waals surface area contributed by atoms with Crippen LogP contribution in [0.2, 0.25) is 0 Å². The molecule has 1 amide bonds. The molecule has 3 rings (SSSR count). The standard InChI is InChI=1S/C24H27NO5/c1-29-21-8-4-5-17(13-21)15-25-23(27)16-30-24(28)12-11-22(26)20-10-9-18-6-2-3-7-19(18)14-20/h4-5,8-10,13-14H,2-3,6-7,11-12,15-16H2,1H3,(H,25,27). The van der Waals surface area contributed by atoms with Crippen LogP contribution in [0.3, 0.4) is 0 Å². The molecule has 0 saturated carbocycles. The number of hydrogen-bond acceptors (Lipinski definition) is 5. The van der Waals surface area contributed by atoms with Crippen molar-refractivity contribution in [1.29, 1.82) is 0 Å². The number of hydrogen-bond donors (Lipinski definition) is 1. The van der Waals surface area contributed by atoms with Gasteiger partial charge in [0.25, 0.3) is 5.91 Å². The van der Waals surface area contributed by atoms with Gasteiger partial charge in [-0.2, -0.15) is 0 Å². The van der Waals surface area contributed by atoms with Gasteiger partial charge in [0.05, 0.1) is 13.5 Å². The van der Waals surface area contributed by atoms with E-state index in [1.165, 1.54) is 17.5 Å². The van der Waals surface area contributed by atoms with E-state index in [1.807, 2.05) is 42.5 Å². The summed E-state index contributed by atoms with van der Waals surface area (Å²) < 4.78 is 10.1. The van der Waals surface area contributed by atoms with Crippen LogP contribution in [0.25, 0.3) is 0 Å². The molecule has 0 bridgehead atoms. The molecule has 0 aliphatic heterocycles. The molecule has 158 valence electrons. The number of fused-ring (bicyclic) bond motifs is 1. The Morgan fingerprint density at radius 1 is 0.967 bits per heavy atom. The van der Waals surface area contributed by atoms with E-state index < -0.39 is 11.9 Å². The lowest BCUT2D eigenvalue weighted by atomic mass is 9.89. The van der Waals surface area contributed by atoms with Gasteiger partial charge in [-0.05, 0) is 60.6 Å². The van der Waals surface area contributed by atoms with E-state index in [0.717, 1.165) is 24.8 Å². The Bertz CT molecular complexity index is 922. The lowest BCUT2D eigenvalue weighted by Gasteiger charge is -2.16. The topological polar surface area (TPSA) is 81.7 Å². The van der Waals surface area contributed by atoms with Crippen molar-refractivity contribution in [2.24, 2.45) is 0 Å². The molecule has 6 heteroatoms. The van der Waals surface area contributed by atoms with Gasteiger partial charge in [0.2, 0.25) is 0 Å². The average Bonchev–Trinajstić information content (AvgIpc) is 2.79. The Labute approximate surface area is 176 Å². The van der Waals surface area contributed by atoms with Crippen LogP contribution in [0.5, 0.6) is 5.75 Å². The zero-order chi connectivity index (χ0) is 21.3. The smallest absolute Gasteiger partial charge is 0.306 e. The van der Waals surface area contributed by atoms with Crippen LogP contribution in [-0.4, -0.2) is 31.4 Å². The van der Waals surface area contributed by atoms with Gasteiger partial charge in [-0.25, -0.2) is 0 Å². The maximum absolute atomic E-state index is 12.4. The number of ether oxygens (including phenoxy) is 2. The maximum Gasteiger partial charge on any atom is 0.306 e. The van der Waals surface area contributed by atoms with Crippen molar-refractivity contribution >= 4 is 17.7 Å². The van der Waals surface area contributed by atoms with E-state index in [1.54, 1.807) is 7.11 Å². The number of rotatable bonds is 9. The highest BCUT2D eigenvalue weighted by molar-refractivity contribution is 5.97. The summed E-state index contributed by atoms with van der Waals surface area (Å²) in [4.78, 5) is 36.2. The predicted octanol–water partition coefficient (Wildman–Crippen LogP) is 3.40. The highest BCUT2D eigenvalue weighted by atomic mass is 16.5. The van der Waals surface area contributed by atoms with Gasteiger partial charge in [-0.3, -0.25) is 14.4 Å². The van der Waals surface area contributed by atoms with Gasteiger partial charge in [0, 0.05) is 18.5 Å². The van der Waals surface area contributed by atoms with Crippen LogP contribution in [-0.2, 0) is 33.7 Å². The quantitative estimate of drug-likeness (QED) is 0.507. The van der Waals surface area contributed by atoms with Crippen molar-refractivity contribution in [1.82, 2.24) is 5.32 Å². The second kappa shape index (κ2) is 10.6. The third-order valence-electron chi connectivity index (χ3n) is 5.21. The second-order valence-corrected chi connectivity index (χ2v) is 7.40. The van der Waals surface area contributed by atoms with Crippen molar-refractivity contribution < 1.29 is 23.9 Å². The van der Waals surface area contributed by atoms with Gasteiger partial charge >= 0.3 is 5.97 Å². The third kappa shape index (κ3) is 6.17. The van der Waals surface area contributed by atoms with Crippen LogP contribution in [0, 0.1) is 0 Å². The molecule has 1 aliphatic rings. The lowest BCUT2D eigenvalue weighted by molar-refractivity contribution is -0.148. The maximum atomic E-state index is 12.4. The normalized spacial score (nSPS) is 12.6. The van der Waals surface area contributed by atoms with Crippen molar-refractivity contribution in [2.45, 2.75) is 45.1 Å². The summed E-state index contributed by atoms with van der Waals surface area (Å²) in [6, 6.07) is 13.1. The molecule has 0 atom stereocenters. The summed E-state index contributed by atoms with van der Waals surface area (Å²) in [6.07, 6.45) is 4.44. The first-order chi connectivity index (χ1) is 14.5. The number of carbonyl (C=O) groups excluding carboxylic acids is 3. The summed E-state index contributed by atoms with van der Waals surface area (Å²) in [5, 5.41) is 2.69. The lowest BCUT2D eigenvalue weighted by Crippen LogP contribution is -2.28. The SMILES string of the molecule is COc1cccc(CNC(=O)COC(=O)CCC(=O)c2ccc3c(c2)CCCC3)c1. The Balaban J connectivity index is 1.38. The molecule has 1 aliphatic carbocycles. The zero-order valence-corrected chi connectivity index (χ0v) is 17.2. The van der Waals surface area contributed by atoms with Crippen molar-refractivity contribution in [3.63, 3.8) is 0 Å². The van der Waals surface area contributed by atoms with Crippen molar-refractivity contribution in [2.75, 3.05) is 13.7 Å². The largest absolute Gasteiger partial charge is 0.497 e. The molecule has 1 N–H and O–H groups in total. The van der Waals surface area contributed by atoms with Crippen molar-refractivity contribution in [3.05, 3.63) is 64.7 Å². The van der Waals surface area contributed by atoms with Crippen LogP contribution in [0.1, 0.15) is 52.7 Å². The monoisotopic (exact) mass is 409 g/mol. The molecule has 0 unspecified atom stereocenters. The third-order valence-corrected chi connectivity index (χ3v) is 5.21. The molecule has 0 heterocycles. The fourth-order valence-electron chi connectivity index (χ4n) is 3.52. The van der Waals surface area contributed by atoms with E-state index in [-0.39, 0.29) is 25.2 Å². The predicted molar refractivity (Wildman–Crippen MR) is 112 cm³/mol. The number of Topliss-reactive ketones (excluding diaryl/α,β-unsaturated/α-hetero) is 1. The molecule has 0 radical (unpaired) electrons. The van der Waals surface area contributed by atoms with Crippen LogP contribution < -0.4 is 10.1 Å². The molecule has 0 fully saturated rings. The van der Waals surface area contributed by atoms with Crippen LogP contribution >= 0.6 is 0 Å². The first-order valence-electron chi connectivity index (χ1n) is 10.3. The van der Waals surface area contributed by atoms with E-state index >= 15 is 0 Å². The summed E-state index contributed by atoms with van der Waals surface area (Å²) in [5.74, 6) is -0.329. The Morgan fingerprint density at radius 2 is 1.77 bits per heavy atom. The molecule has 0 spiro atoms. The molecule has 2 aromatic carbocycles. The first-order valence-corrected chi connectivity index (χ1v) is 10.3. The van der Waals surface area contributed by atoms with Gasteiger partial charge in [0.15, 0.2) is 12.4 Å². The number of nitrogens with one attached hydrogen (secondary N) is 1. The van der Waals surface area contributed by atoms with Crippen LogP contribution in [0.15, 0.2) is 42.5 Å². The summed E-state index contributed by atoms with van der Waals surface area (Å²) in [6.45, 7) is -0.0553. The Kier molecular flexibility index (Phi) is 7.60. The molecule has 30 heavy (non-hydrogen) atoms. The number of esters is 1. The summed E-state index contributed by atoms with van der Waals surface area (Å²) in [7, 11) is 1.58. The molecule has 0 saturated heterocycles. The highest BCUT2D eigenvalue weighted by Gasteiger charge is 2.15. The first kappa shape index (κ1) is 21.6. The second-order valence-electron chi connectivity index (χ2n) is 7.40. The minimum atomic E-state index is -0.558. The molecule has 2 aromatic rings. The zero-order valence-electron chi connectivity index (χ0n) is 17.2. The molecule has 6 nitrogen and oxygen atoms in total. The fraction of sp³-hybridized carbons (Fsp3) is 0.375. The van der Waals surface area contributed by atoms with Gasteiger partial charge in [-0.15, -0.1) is 0 Å². The molecular weight excluding hydrogens is 382 g/mol. The number of methoxy groups -OCH3 is 1. The van der Waals surface area contributed by atoms with Gasteiger partial charge in [-0.1, -0.05) is 24.3 Å². The van der Waals surface area contributed by atoms with Gasteiger partial charge < -0.3 is 14.8 Å². The number of aryl methyl sites for hydroxylation is 2. The fourth-order valence-corrected chi connectivity index (χ4v) is 3.52. The average molecular weight is 409 g/mol. The van der Waals surface area contributed by atoms with E-state index in [4.69, 9.17) is 9.47 Å². The minimum Gasteiger partial charge on any atom is -0.497 e. The summed E-state index contributed by atoms with van der Waals surface area (Å²) in [5.41, 5.74) is 4.07. The van der Waals surface area contributed by atoms with Gasteiger partial charge in [0.1, 0.15) is 5.75 Å². The molecular formula is C24H27NO5. The number of amides is 1. The number of benzene rings is 2. The Morgan fingerprint density at radius 3 is 2.57 bits per heavy atom. The van der Waals surface area contributed by atoms with Crippen LogP contribution in [0.4, 0.5) is 0 Å². The molecule has 0 aromatic heterocycles. The number of carbonyl (C=O) groups is 3. The van der Waals surface area contributed by atoms with E-state index in [2.05, 4.69) is 5.32 Å².